The van der Waals surface area contributed by atoms with E-state index in [0.29, 0.717) is 5.92 Å². The molecule has 3 nitrogen and oxygen atoms in total. The molecule has 2 fully saturated rings. The molecule has 2 heterocycles. The third-order valence-corrected chi connectivity index (χ3v) is 4.62. The summed E-state index contributed by atoms with van der Waals surface area (Å²) in [5.74, 6) is 0.389. The van der Waals surface area contributed by atoms with Gasteiger partial charge < -0.3 is 9.47 Å². The highest BCUT2D eigenvalue weighted by atomic mass is 32.1. The number of aryl methyl sites for hydroxylation is 1. The SMILES string of the molecule is Cc1cnc(C2CCC3(CC2)OCCO3)s1. The molecule has 0 bridgehead atoms. The fourth-order valence-corrected chi connectivity index (χ4v) is 3.59. The van der Waals surface area contributed by atoms with Crippen molar-refractivity contribution in [2.75, 3.05) is 13.2 Å². The first kappa shape index (κ1) is 10.7. The molecule has 1 aromatic heterocycles. The highest BCUT2D eigenvalue weighted by Gasteiger charge is 2.41. The van der Waals surface area contributed by atoms with Crippen molar-refractivity contribution in [3.63, 3.8) is 0 Å². The van der Waals surface area contributed by atoms with E-state index in [9.17, 15) is 0 Å². The van der Waals surface area contributed by atoms with Crippen molar-refractivity contribution in [2.24, 2.45) is 0 Å². The first-order valence-corrected chi connectivity index (χ1v) is 6.79. The van der Waals surface area contributed by atoms with Crippen LogP contribution in [0.25, 0.3) is 0 Å². The zero-order valence-corrected chi connectivity index (χ0v) is 10.4. The zero-order chi connectivity index (χ0) is 11.0. The van der Waals surface area contributed by atoms with Gasteiger partial charge in [-0.25, -0.2) is 4.98 Å². The Morgan fingerprint density at radius 2 is 2.00 bits per heavy atom. The molecule has 1 saturated heterocycles. The van der Waals surface area contributed by atoms with E-state index in [1.165, 1.54) is 9.88 Å². The molecule has 2 aliphatic rings. The Balaban J connectivity index is 1.66. The van der Waals surface area contributed by atoms with Gasteiger partial charge in [0.1, 0.15) is 0 Å². The van der Waals surface area contributed by atoms with Gasteiger partial charge in [0.2, 0.25) is 0 Å². The van der Waals surface area contributed by atoms with E-state index in [-0.39, 0.29) is 5.79 Å². The number of ether oxygens (including phenoxy) is 2. The number of rotatable bonds is 1. The number of hydrogen-bond acceptors (Lipinski definition) is 4. The van der Waals surface area contributed by atoms with Crippen molar-refractivity contribution >= 4 is 11.3 Å². The number of nitrogens with zero attached hydrogens (tertiary/aromatic N) is 1. The maximum Gasteiger partial charge on any atom is 0.168 e. The van der Waals surface area contributed by atoms with Gasteiger partial charge in [0.25, 0.3) is 0 Å². The molecule has 16 heavy (non-hydrogen) atoms. The van der Waals surface area contributed by atoms with Gasteiger partial charge in [0, 0.05) is 29.8 Å². The van der Waals surface area contributed by atoms with Crippen molar-refractivity contribution in [1.82, 2.24) is 4.98 Å². The second-order valence-electron chi connectivity index (χ2n) is 4.69. The molecule has 1 saturated carbocycles. The maximum absolute atomic E-state index is 5.73. The van der Waals surface area contributed by atoms with Crippen LogP contribution in [0, 0.1) is 6.92 Å². The lowest BCUT2D eigenvalue weighted by atomic mass is 9.85. The second-order valence-corrected chi connectivity index (χ2v) is 5.96. The van der Waals surface area contributed by atoms with Crippen molar-refractivity contribution in [1.29, 1.82) is 0 Å². The molecule has 0 radical (unpaired) electrons. The van der Waals surface area contributed by atoms with Crippen LogP contribution in [0.1, 0.15) is 41.5 Å². The van der Waals surface area contributed by atoms with Crippen LogP contribution in [0.2, 0.25) is 0 Å². The minimum atomic E-state index is -0.233. The Bertz CT molecular complexity index is 361. The van der Waals surface area contributed by atoms with E-state index < -0.39 is 0 Å². The summed E-state index contributed by atoms with van der Waals surface area (Å²) in [4.78, 5) is 5.80. The summed E-state index contributed by atoms with van der Waals surface area (Å²) in [5.41, 5.74) is 0. The molecule has 0 atom stereocenters. The Morgan fingerprint density at radius 1 is 1.31 bits per heavy atom. The Hall–Kier alpha value is -0.450. The smallest absolute Gasteiger partial charge is 0.168 e. The van der Waals surface area contributed by atoms with Crippen LogP contribution in [0.15, 0.2) is 6.20 Å². The average molecular weight is 239 g/mol. The molecule has 1 aromatic rings. The van der Waals surface area contributed by atoms with E-state index in [2.05, 4.69) is 11.9 Å². The molecule has 88 valence electrons. The lowest BCUT2D eigenvalue weighted by Gasteiger charge is -2.34. The van der Waals surface area contributed by atoms with E-state index in [1.807, 2.05) is 17.5 Å². The van der Waals surface area contributed by atoms with Crippen molar-refractivity contribution in [3.8, 4) is 0 Å². The summed E-state index contributed by atoms with van der Waals surface area (Å²) < 4.78 is 11.5. The third kappa shape index (κ3) is 1.90. The van der Waals surface area contributed by atoms with Gasteiger partial charge in [-0.2, -0.15) is 0 Å². The number of hydrogen-bond donors (Lipinski definition) is 0. The van der Waals surface area contributed by atoms with Crippen LogP contribution in [0.5, 0.6) is 0 Å². The normalized spacial score (nSPS) is 25.3. The number of aromatic nitrogens is 1. The molecule has 1 aliphatic heterocycles. The standard InChI is InChI=1S/C12H17NO2S/c1-9-8-13-11(16-9)10-2-4-12(5-3-10)14-6-7-15-12/h8,10H,2-7H2,1H3. The summed E-state index contributed by atoms with van der Waals surface area (Å²) in [6.45, 7) is 3.65. The van der Waals surface area contributed by atoms with Crippen LogP contribution >= 0.6 is 11.3 Å². The first-order valence-electron chi connectivity index (χ1n) is 5.98. The molecule has 4 heteroatoms. The summed E-state index contributed by atoms with van der Waals surface area (Å²) in [5, 5.41) is 1.30. The fourth-order valence-electron chi connectivity index (χ4n) is 2.65. The van der Waals surface area contributed by atoms with E-state index >= 15 is 0 Å². The predicted octanol–water partition coefficient (Wildman–Crippen LogP) is 2.85. The summed E-state index contributed by atoms with van der Waals surface area (Å²) >= 11 is 1.83. The van der Waals surface area contributed by atoms with Gasteiger partial charge in [-0.15, -0.1) is 11.3 Å². The Morgan fingerprint density at radius 3 is 2.56 bits per heavy atom. The van der Waals surface area contributed by atoms with Crippen LogP contribution in [0.3, 0.4) is 0 Å². The largest absolute Gasteiger partial charge is 0.348 e. The highest BCUT2D eigenvalue weighted by molar-refractivity contribution is 7.11. The monoisotopic (exact) mass is 239 g/mol. The quantitative estimate of drug-likeness (QED) is 0.755. The molecule has 3 rings (SSSR count). The van der Waals surface area contributed by atoms with Crippen LogP contribution in [0.4, 0.5) is 0 Å². The van der Waals surface area contributed by atoms with Gasteiger partial charge in [0.05, 0.1) is 18.2 Å². The minimum Gasteiger partial charge on any atom is -0.348 e. The Labute approximate surface area is 99.8 Å². The maximum atomic E-state index is 5.73. The highest BCUT2D eigenvalue weighted by Crippen LogP contribution is 2.42. The summed E-state index contributed by atoms with van der Waals surface area (Å²) in [6, 6.07) is 0. The van der Waals surface area contributed by atoms with Gasteiger partial charge in [-0.1, -0.05) is 0 Å². The molecule has 1 spiro atoms. The first-order chi connectivity index (χ1) is 7.77. The lowest BCUT2D eigenvalue weighted by molar-refractivity contribution is -0.178. The van der Waals surface area contributed by atoms with Crippen molar-refractivity contribution in [2.45, 2.75) is 44.3 Å². The van der Waals surface area contributed by atoms with Gasteiger partial charge in [0.15, 0.2) is 5.79 Å². The molecular formula is C12H17NO2S. The van der Waals surface area contributed by atoms with Gasteiger partial charge in [-0.3, -0.25) is 0 Å². The zero-order valence-electron chi connectivity index (χ0n) is 9.57. The van der Waals surface area contributed by atoms with Gasteiger partial charge >= 0.3 is 0 Å². The fraction of sp³-hybridized carbons (Fsp3) is 0.750. The molecule has 0 unspecified atom stereocenters. The third-order valence-electron chi connectivity index (χ3n) is 3.55. The minimum absolute atomic E-state index is 0.233. The van der Waals surface area contributed by atoms with Gasteiger partial charge in [-0.05, 0) is 19.8 Å². The Kier molecular flexibility index (Phi) is 2.73. The summed E-state index contributed by atoms with van der Waals surface area (Å²) in [7, 11) is 0. The van der Waals surface area contributed by atoms with E-state index in [1.54, 1.807) is 0 Å². The second kappa shape index (κ2) is 4.09. The number of thiazole rings is 1. The topological polar surface area (TPSA) is 31.4 Å². The van der Waals surface area contributed by atoms with Crippen molar-refractivity contribution in [3.05, 3.63) is 16.1 Å². The molecule has 1 aliphatic carbocycles. The predicted molar refractivity (Wildman–Crippen MR) is 62.7 cm³/mol. The summed E-state index contributed by atoms with van der Waals surface area (Å²) in [6.07, 6.45) is 6.32. The van der Waals surface area contributed by atoms with E-state index in [4.69, 9.17) is 9.47 Å². The molecule has 0 aromatic carbocycles. The average Bonchev–Trinajstić information content (AvgIpc) is 2.90. The molecular weight excluding hydrogens is 222 g/mol. The lowest BCUT2D eigenvalue weighted by Crippen LogP contribution is -2.34. The van der Waals surface area contributed by atoms with Crippen LogP contribution < -0.4 is 0 Å². The van der Waals surface area contributed by atoms with E-state index in [0.717, 1.165) is 38.9 Å². The van der Waals surface area contributed by atoms with Crippen LogP contribution in [-0.4, -0.2) is 24.0 Å². The van der Waals surface area contributed by atoms with Crippen LogP contribution in [-0.2, 0) is 9.47 Å². The molecule has 0 amide bonds. The van der Waals surface area contributed by atoms with Crippen molar-refractivity contribution < 1.29 is 9.47 Å². The molecule has 0 N–H and O–H groups in total.